The molecule has 0 bridgehead atoms. The third kappa shape index (κ3) is 7.58. The molecule has 0 atom stereocenters. The molecule has 0 saturated carbocycles. The molecule has 4 nitrogen and oxygen atoms in total. The Labute approximate surface area is 187 Å². The molecule has 6 heteroatoms. The molecule has 0 aliphatic carbocycles. The zero-order valence-corrected chi connectivity index (χ0v) is 19.4. The number of carbonyl (C=O) groups is 2. The number of esters is 1. The van der Waals surface area contributed by atoms with Crippen LogP contribution in [-0.2, 0) is 40.0 Å². The highest BCUT2D eigenvalue weighted by Crippen LogP contribution is 2.20. The van der Waals surface area contributed by atoms with E-state index in [0.717, 1.165) is 44.3 Å². The monoisotopic (exact) mass is 445 g/mol. The molecule has 162 valence electrons. The third-order valence-electron chi connectivity index (χ3n) is 4.78. The Bertz CT molecular complexity index is 831. The third-order valence-corrected chi connectivity index (χ3v) is 6.75. The summed E-state index contributed by atoms with van der Waals surface area (Å²) in [5.41, 5.74) is 2.25. The van der Waals surface area contributed by atoms with Gasteiger partial charge in [-0.2, -0.15) is 0 Å². The molecule has 1 aliphatic heterocycles. The maximum atomic E-state index is 12.0. The quantitative estimate of drug-likeness (QED) is 0.392. The molecule has 0 radical (unpaired) electrons. The van der Waals surface area contributed by atoms with Gasteiger partial charge in [-0.15, -0.1) is 35.8 Å². The average molecular weight is 446 g/mol. The molecular weight excluding hydrogens is 414 g/mol. The van der Waals surface area contributed by atoms with Crippen LogP contribution >= 0.6 is 22.7 Å². The Morgan fingerprint density at radius 3 is 2.03 bits per heavy atom. The SMILES string of the molecule is C=CCc1sccc1CC(=O)N1CCCC1.C=CCc1sccc1CC(=O)OCC. The Balaban J connectivity index is 0.000000216. The van der Waals surface area contributed by atoms with E-state index in [2.05, 4.69) is 24.6 Å². The van der Waals surface area contributed by atoms with Crippen LogP contribution in [0.5, 0.6) is 0 Å². The number of nitrogens with zero attached hydrogens (tertiary/aromatic N) is 1. The number of thiophene rings is 2. The lowest BCUT2D eigenvalue weighted by atomic mass is 10.1. The van der Waals surface area contributed by atoms with Crippen molar-refractivity contribution in [2.75, 3.05) is 19.7 Å². The normalized spacial score (nSPS) is 12.8. The summed E-state index contributed by atoms with van der Waals surface area (Å²) in [5, 5.41) is 4.05. The predicted molar refractivity (Wildman–Crippen MR) is 126 cm³/mol. The van der Waals surface area contributed by atoms with E-state index in [0.29, 0.717) is 19.4 Å². The summed E-state index contributed by atoms with van der Waals surface area (Å²) in [6, 6.07) is 4.04. The molecule has 2 aromatic rings. The minimum atomic E-state index is -0.156. The second-order valence-corrected chi connectivity index (χ2v) is 8.97. The van der Waals surface area contributed by atoms with Crippen LogP contribution in [-0.4, -0.2) is 36.5 Å². The van der Waals surface area contributed by atoms with Gasteiger partial charge in [-0.3, -0.25) is 9.59 Å². The number of hydrogen-bond donors (Lipinski definition) is 0. The van der Waals surface area contributed by atoms with Crippen LogP contribution in [0.3, 0.4) is 0 Å². The van der Waals surface area contributed by atoms with Crippen molar-refractivity contribution in [3.63, 3.8) is 0 Å². The molecular formula is C24H31NO3S2. The van der Waals surface area contributed by atoms with Gasteiger partial charge < -0.3 is 9.64 Å². The Hall–Kier alpha value is -2.18. The van der Waals surface area contributed by atoms with Gasteiger partial charge in [0, 0.05) is 22.8 Å². The fourth-order valence-electron chi connectivity index (χ4n) is 3.28. The van der Waals surface area contributed by atoms with Gasteiger partial charge >= 0.3 is 5.97 Å². The fraction of sp³-hybridized carbons (Fsp3) is 0.417. The molecule has 0 aromatic carbocycles. The summed E-state index contributed by atoms with van der Waals surface area (Å²) in [6.45, 7) is 11.6. The fourth-order valence-corrected chi connectivity index (χ4v) is 5.08. The van der Waals surface area contributed by atoms with E-state index in [4.69, 9.17) is 4.74 Å². The van der Waals surface area contributed by atoms with E-state index in [-0.39, 0.29) is 11.9 Å². The van der Waals surface area contributed by atoms with Crippen molar-refractivity contribution in [3.05, 3.63) is 69.1 Å². The summed E-state index contributed by atoms with van der Waals surface area (Å²) in [5.74, 6) is 0.123. The van der Waals surface area contributed by atoms with E-state index in [1.807, 2.05) is 35.4 Å². The highest BCUT2D eigenvalue weighted by molar-refractivity contribution is 7.10. The van der Waals surface area contributed by atoms with Crippen molar-refractivity contribution >= 4 is 34.6 Å². The van der Waals surface area contributed by atoms with E-state index in [9.17, 15) is 9.59 Å². The number of carbonyl (C=O) groups excluding carboxylic acids is 2. The van der Waals surface area contributed by atoms with Gasteiger partial charge in [0.2, 0.25) is 5.91 Å². The highest BCUT2D eigenvalue weighted by atomic mass is 32.1. The molecule has 0 unspecified atom stereocenters. The van der Waals surface area contributed by atoms with Gasteiger partial charge in [0.15, 0.2) is 0 Å². The van der Waals surface area contributed by atoms with Gasteiger partial charge in [-0.1, -0.05) is 12.2 Å². The van der Waals surface area contributed by atoms with Crippen molar-refractivity contribution < 1.29 is 14.3 Å². The standard InChI is InChI=1S/C13H17NOS.C11H14O2S/c1-2-5-12-11(6-9-16-12)10-13(15)14-7-3-4-8-14;1-3-5-10-9(6-7-14-10)8-11(12)13-4-2/h2,6,9H,1,3-5,7-8,10H2;3,6-7H,1,4-5,8H2,2H3. The number of allylic oxidation sites excluding steroid dienone is 2. The Morgan fingerprint density at radius 1 is 1.00 bits per heavy atom. The minimum absolute atomic E-state index is 0.156. The lowest BCUT2D eigenvalue weighted by Gasteiger charge is -2.15. The van der Waals surface area contributed by atoms with Crippen molar-refractivity contribution in [1.82, 2.24) is 4.90 Å². The predicted octanol–water partition coefficient (Wildman–Crippen LogP) is 5.22. The number of rotatable bonds is 9. The van der Waals surface area contributed by atoms with Crippen LogP contribution in [0, 0.1) is 0 Å². The molecule has 30 heavy (non-hydrogen) atoms. The number of amides is 1. The highest BCUT2D eigenvalue weighted by Gasteiger charge is 2.19. The second-order valence-electron chi connectivity index (χ2n) is 6.97. The molecule has 0 spiro atoms. The lowest BCUT2D eigenvalue weighted by Crippen LogP contribution is -2.29. The summed E-state index contributed by atoms with van der Waals surface area (Å²) < 4.78 is 4.89. The first-order chi connectivity index (χ1) is 14.6. The number of hydrogen-bond acceptors (Lipinski definition) is 5. The van der Waals surface area contributed by atoms with Crippen LogP contribution in [0.25, 0.3) is 0 Å². The first-order valence-electron chi connectivity index (χ1n) is 10.3. The maximum Gasteiger partial charge on any atom is 0.310 e. The molecule has 0 N–H and O–H groups in total. The van der Waals surface area contributed by atoms with E-state index in [1.54, 1.807) is 22.7 Å². The Kier molecular flexibility index (Phi) is 10.6. The molecule has 1 amide bonds. The molecule has 1 aliphatic rings. The van der Waals surface area contributed by atoms with E-state index in [1.165, 1.54) is 15.3 Å². The lowest BCUT2D eigenvalue weighted by molar-refractivity contribution is -0.142. The minimum Gasteiger partial charge on any atom is -0.466 e. The number of likely N-dealkylation sites (tertiary alicyclic amines) is 1. The topological polar surface area (TPSA) is 46.6 Å². The van der Waals surface area contributed by atoms with Crippen molar-refractivity contribution in [1.29, 1.82) is 0 Å². The maximum absolute atomic E-state index is 12.0. The molecule has 1 saturated heterocycles. The largest absolute Gasteiger partial charge is 0.466 e. The first kappa shape index (κ1) is 24.1. The van der Waals surface area contributed by atoms with Crippen molar-refractivity contribution in [2.45, 2.75) is 45.4 Å². The van der Waals surface area contributed by atoms with Crippen LogP contribution in [0.1, 0.15) is 40.6 Å². The van der Waals surface area contributed by atoms with Crippen LogP contribution in [0.2, 0.25) is 0 Å². The summed E-state index contributed by atoms with van der Waals surface area (Å²) >= 11 is 3.37. The first-order valence-corrected chi connectivity index (χ1v) is 12.1. The summed E-state index contributed by atoms with van der Waals surface area (Å²) in [7, 11) is 0. The second kappa shape index (κ2) is 13.2. The van der Waals surface area contributed by atoms with E-state index >= 15 is 0 Å². The van der Waals surface area contributed by atoms with Crippen molar-refractivity contribution in [2.24, 2.45) is 0 Å². The Morgan fingerprint density at radius 2 is 1.53 bits per heavy atom. The number of ether oxygens (including phenoxy) is 1. The molecule has 1 fully saturated rings. The zero-order valence-electron chi connectivity index (χ0n) is 17.7. The van der Waals surface area contributed by atoms with Gasteiger partial charge in [-0.25, -0.2) is 0 Å². The van der Waals surface area contributed by atoms with Crippen molar-refractivity contribution in [3.8, 4) is 0 Å². The average Bonchev–Trinajstić information content (AvgIpc) is 3.47. The van der Waals surface area contributed by atoms with Gasteiger partial charge in [0.25, 0.3) is 0 Å². The molecule has 3 rings (SSSR count). The summed E-state index contributed by atoms with van der Waals surface area (Å²) in [4.78, 5) is 27.7. The summed E-state index contributed by atoms with van der Waals surface area (Å²) in [6.07, 6.45) is 8.71. The van der Waals surface area contributed by atoms with E-state index < -0.39 is 0 Å². The molecule has 2 aromatic heterocycles. The van der Waals surface area contributed by atoms with Crippen LogP contribution < -0.4 is 0 Å². The van der Waals surface area contributed by atoms with Gasteiger partial charge in [-0.05, 0) is 66.6 Å². The smallest absolute Gasteiger partial charge is 0.310 e. The van der Waals surface area contributed by atoms with Crippen LogP contribution in [0.15, 0.2) is 48.2 Å². The molecule has 3 heterocycles. The van der Waals surface area contributed by atoms with Gasteiger partial charge in [0.05, 0.1) is 19.4 Å². The zero-order chi connectivity index (χ0) is 21.8. The van der Waals surface area contributed by atoms with Gasteiger partial charge in [0.1, 0.15) is 0 Å². The van der Waals surface area contributed by atoms with Crippen LogP contribution in [0.4, 0.5) is 0 Å².